The van der Waals surface area contributed by atoms with Crippen molar-refractivity contribution >= 4 is 23.0 Å². The molecule has 1 saturated heterocycles. The van der Waals surface area contributed by atoms with E-state index in [-0.39, 0.29) is 5.82 Å². The van der Waals surface area contributed by atoms with E-state index in [1.54, 1.807) is 12.1 Å². The maximum atomic E-state index is 13.0. The Morgan fingerprint density at radius 1 is 1.28 bits per heavy atom. The molecule has 2 aromatic heterocycles. The van der Waals surface area contributed by atoms with E-state index in [9.17, 15) is 19.4 Å². The van der Waals surface area contributed by atoms with Crippen molar-refractivity contribution in [2.45, 2.75) is 30.9 Å². The third-order valence-corrected chi connectivity index (χ3v) is 4.82. The van der Waals surface area contributed by atoms with Crippen molar-refractivity contribution < 1.29 is 24.1 Å². The van der Waals surface area contributed by atoms with E-state index in [1.807, 2.05) is 0 Å². The highest BCUT2D eigenvalue weighted by molar-refractivity contribution is 5.82. The Labute approximate surface area is 164 Å². The fourth-order valence-electron chi connectivity index (χ4n) is 3.29. The molecular formula is C18H19FN6O4. The number of carboxylic acid groups (broad SMARTS) is 1. The van der Waals surface area contributed by atoms with E-state index in [2.05, 4.69) is 20.3 Å². The molecular weight excluding hydrogens is 383 g/mol. The second-order valence-corrected chi connectivity index (χ2v) is 6.70. The fourth-order valence-corrected chi connectivity index (χ4v) is 3.29. The summed E-state index contributed by atoms with van der Waals surface area (Å²) in [6.45, 7) is 0.527. The first-order chi connectivity index (χ1) is 14.0. The molecule has 0 aliphatic carbocycles. The topological polar surface area (TPSA) is 148 Å². The number of aliphatic hydroxyl groups excluding tert-OH is 1. The standard InChI is InChI=1S/C18H19FN6O4/c19-10-3-1-9(2-4-10)5-6-21-15-12-16(23-7-22-15)25(8-24-12)17-13(26)11(20)14(29-17)18(27)28/h1-4,7-8,11,13-14,17,26H,5-6,20H2,(H,27,28)(H,21,22,23). The second-order valence-electron chi connectivity index (χ2n) is 6.70. The zero-order valence-electron chi connectivity index (χ0n) is 15.1. The van der Waals surface area contributed by atoms with Crippen LogP contribution in [0.25, 0.3) is 11.2 Å². The molecule has 0 saturated carbocycles. The van der Waals surface area contributed by atoms with Crippen LogP contribution >= 0.6 is 0 Å². The summed E-state index contributed by atoms with van der Waals surface area (Å²) in [5.41, 5.74) is 7.54. The fraction of sp³-hybridized carbons (Fsp3) is 0.333. The van der Waals surface area contributed by atoms with Crippen molar-refractivity contribution in [3.8, 4) is 0 Å². The van der Waals surface area contributed by atoms with Gasteiger partial charge in [0.05, 0.1) is 12.4 Å². The van der Waals surface area contributed by atoms with Crippen molar-refractivity contribution in [2.75, 3.05) is 11.9 Å². The lowest BCUT2D eigenvalue weighted by Crippen LogP contribution is -2.43. The Morgan fingerprint density at radius 3 is 2.72 bits per heavy atom. The summed E-state index contributed by atoms with van der Waals surface area (Å²) in [4.78, 5) is 23.9. The molecule has 0 spiro atoms. The Bertz CT molecular complexity index is 1030. The molecule has 5 N–H and O–H groups in total. The maximum Gasteiger partial charge on any atom is 0.334 e. The van der Waals surface area contributed by atoms with Crippen molar-refractivity contribution in [3.63, 3.8) is 0 Å². The molecule has 1 fully saturated rings. The van der Waals surface area contributed by atoms with Gasteiger partial charge in [0.25, 0.3) is 0 Å². The predicted molar refractivity (Wildman–Crippen MR) is 99.4 cm³/mol. The zero-order chi connectivity index (χ0) is 20.5. The highest BCUT2D eigenvalue weighted by atomic mass is 19.1. The van der Waals surface area contributed by atoms with Crippen molar-refractivity contribution in [2.24, 2.45) is 5.73 Å². The molecule has 11 heteroatoms. The number of nitrogens with zero attached hydrogens (tertiary/aromatic N) is 4. The number of aliphatic hydroxyl groups is 1. The maximum absolute atomic E-state index is 13.0. The van der Waals surface area contributed by atoms with Crippen LogP contribution in [-0.2, 0) is 16.0 Å². The molecule has 4 rings (SSSR count). The van der Waals surface area contributed by atoms with E-state index < -0.39 is 30.4 Å². The molecule has 4 unspecified atom stereocenters. The molecule has 1 aliphatic rings. The molecule has 29 heavy (non-hydrogen) atoms. The van der Waals surface area contributed by atoms with Gasteiger partial charge in [-0.25, -0.2) is 24.1 Å². The van der Waals surface area contributed by atoms with Gasteiger partial charge in [-0.2, -0.15) is 0 Å². The number of carbonyl (C=O) groups is 1. The number of aliphatic carboxylic acids is 1. The first kappa shape index (κ1) is 19.2. The number of nitrogens with two attached hydrogens (primary N) is 1. The van der Waals surface area contributed by atoms with Crippen LogP contribution in [0.3, 0.4) is 0 Å². The van der Waals surface area contributed by atoms with Crippen LogP contribution in [0.2, 0.25) is 0 Å². The lowest BCUT2D eigenvalue weighted by atomic mass is 10.1. The van der Waals surface area contributed by atoms with E-state index in [1.165, 1.54) is 29.4 Å². The molecule has 1 aromatic carbocycles. The molecule has 0 bridgehead atoms. The van der Waals surface area contributed by atoms with Gasteiger partial charge in [-0.1, -0.05) is 12.1 Å². The normalized spacial score (nSPS) is 24.1. The van der Waals surface area contributed by atoms with Crippen molar-refractivity contribution in [3.05, 3.63) is 48.3 Å². The summed E-state index contributed by atoms with van der Waals surface area (Å²) in [6.07, 6.45) is -0.225. The lowest BCUT2D eigenvalue weighted by molar-refractivity contribution is -0.152. The quantitative estimate of drug-likeness (QED) is 0.456. The summed E-state index contributed by atoms with van der Waals surface area (Å²) in [7, 11) is 0. The summed E-state index contributed by atoms with van der Waals surface area (Å²) in [6, 6.07) is 5.15. The van der Waals surface area contributed by atoms with Crippen LogP contribution in [0.1, 0.15) is 11.8 Å². The number of fused-ring (bicyclic) bond motifs is 1. The van der Waals surface area contributed by atoms with E-state index in [4.69, 9.17) is 10.5 Å². The minimum Gasteiger partial charge on any atom is -0.479 e. The summed E-state index contributed by atoms with van der Waals surface area (Å²) >= 11 is 0. The molecule has 3 heterocycles. The molecule has 3 aromatic rings. The minimum atomic E-state index is -1.33. The highest BCUT2D eigenvalue weighted by Gasteiger charge is 2.46. The van der Waals surface area contributed by atoms with E-state index in [0.29, 0.717) is 29.9 Å². The van der Waals surface area contributed by atoms with E-state index in [0.717, 1.165) is 5.56 Å². The van der Waals surface area contributed by atoms with Crippen molar-refractivity contribution in [1.82, 2.24) is 19.5 Å². The van der Waals surface area contributed by atoms with Gasteiger partial charge in [-0.15, -0.1) is 0 Å². The number of halogens is 1. The Morgan fingerprint density at radius 2 is 2.03 bits per heavy atom. The minimum absolute atomic E-state index is 0.286. The van der Waals surface area contributed by atoms with Gasteiger partial charge >= 0.3 is 5.97 Å². The average molecular weight is 402 g/mol. The third kappa shape index (κ3) is 3.62. The highest BCUT2D eigenvalue weighted by Crippen LogP contribution is 2.31. The van der Waals surface area contributed by atoms with Gasteiger partial charge in [0.1, 0.15) is 18.2 Å². The zero-order valence-corrected chi connectivity index (χ0v) is 15.1. The Hall–Kier alpha value is -3.15. The number of nitrogens with one attached hydrogen (secondary N) is 1. The van der Waals surface area contributed by atoms with Crippen molar-refractivity contribution in [1.29, 1.82) is 0 Å². The Kier molecular flexibility index (Phi) is 5.09. The number of rotatable bonds is 6. The molecule has 1 aliphatic heterocycles. The second kappa shape index (κ2) is 7.70. The van der Waals surface area contributed by atoms with Crippen LogP contribution in [-0.4, -0.2) is 60.5 Å². The van der Waals surface area contributed by atoms with Gasteiger partial charge in [0.15, 0.2) is 29.3 Å². The van der Waals surface area contributed by atoms with Crippen LogP contribution in [0, 0.1) is 5.82 Å². The van der Waals surface area contributed by atoms with Gasteiger partial charge in [0, 0.05) is 6.54 Å². The smallest absolute Gasteiger partial charge is 0.334 e. The number of carboxylic acids is 1. The van der Waals surface area contributed by atoms with Crippen LogP contribution in [0.5, 0.6) is 0 Å². The monoisotopic (exact) mass is 402 g/mol. The van der Waals surface area contributed by atoms with Gasteiger partial charge in [0.2, 0.25) is 0 Å². The lowest BCUT2D eigenvalue weighted by Gasteiger charge is -2.16. The SMILES string of the molecule is NC1C(C(=O)O)OC(n2cnc3c(NCCc4ccc(F)cc4)ncnc32)C1O. The summed E-state index contributed by atoms with van der Waals surface area (Å²) < 4.78 is 19.9. The van der Waals surface area contributed by atoms with Crippen LogP contribution in [0.15, 0.2) is 36.9 Å². The number of aromatic nitrogens is 4. The van der Waals surface area contributed by atoms with Gasteiger partial charge in [-0.3, -0.25) is 4.57 Å². The Balaban J connectivity index is 1.52. The number of ether oxygens (including phenoxy) is 1. The first-order valence-corrected chi connectivity index (χ1v) is 8.93. The first-order valence-electron chi connectivity index (χ1n) is 8.93. The van der Waals surface area contributed by atoms with Gasteiger partial charge < -0.3 is 26.0 Å². The predicted octanol–water partition coefficient (Wildman–Crippen LogP) is 0.290. The molecule has 10 nitrogen and oxygen atoms in total. The molecule has 0 amide bonds. The van der Waals surface area contributed by atoms with Gasteiger partial charge in [-0.05, 0) is 24.1 Å². The third-order valence-electron chi connectivity index (χ3n) is 4.82. The number of anilines is 1. The molecule has 152 valence electrons. The van der Waals surface area contributed by atoms with Crippen LogP contribution in [0.4, 0.5) is 10.2 Å². The molecule has 4 atom stereocenters. The number of hydrogen-bond acceptors (Lipinski definition) is 8. The number of imidazole rings is 1. The summed E-state index contributed by atoms with van der Waals surface area (Å²) in [5.74, 6) is -1.06. The van der Waals surface area contributed by atoms with Crippen LogP contribution < -0.4 is 11.1 Å². The van der Waals surface area contributed by atoms with E-state index >= 15 is 0 Å². The number of hydrogen-bond donors (Lipinski definition) is 4. The number of benzene rings is 1. The largest absolute Gasteiger partial charge is 0.479 e. The molecule has 0 radical (unpaired) electrons. The summed E-state index contributed by atoms with van der Waals surface area (Å²) in [5, 5.41) is 22.7. The average Bonchev–Trinajstić information content (AvgIpc) is 3.25.